The molecule has 0 bridgehead atoms. The lowest BCUT2D eigenvalue weighted by Gasteiger charge is -1.96. The largest absolute Gasteiger partial charge is 0.223 e. The smallest absolute Gasteiger partial charge is 0.184 e. The molecule has 0 spiro atoms. The lowest BCUT2D eigenvalue weighted by molar-refractivity contribution is 1.51. The van der Waals surface area contributed by atoms with Crippen molar-refractivity contribution in [3.05, 3.63) is 39.8 Å². The molecule has 4 aromatic rings. The molecular formula is C13H5Cl2NS2. The molecule has 2 heterocycles. The van der Waals surface area contributed by atoms with E-state index >= 15 is 0 Å². The number of halogens is 2. The SMILES string of the molecule is Clc1nc2c(Cl)c3c(cc2s1)sc1ccccc13. The molecule has 4 rings (SSSR count). The lowest BCUT2D eigenvalue weighted by atomic mass is 10.1. The molecule has 2 aromatic heterocycles. The molecule has 0 saturated carbocycles. The summed E-state index contributed by atoms with van der Waals surface area (Å²) in [5.74, 6) is 0. The Hall–Kier alpha value is -0.870. The summed E-state index contributed by atoms with van der Waals surface area (Å²) in [5, 5.41) is 2.99. The number of hydrogen-bond acceptors (Lipinski definition) is 3. The maximum atomic E-state index is 6.50. The van der Waals surface area contributed by atoms with Crippen LogP contribution in [0, 0.1) is 0 Å². The average Bonchev–Trinajstić information content (AvgIpc) is 2.89. The van der Waals surface area contributed by atoms with Crippen LogP contribution in [0.15, 0.2) is 30.3 Å². The van der Waals surface area contributed by atoms with Gasteiger partial charge in [-0.05, 0) is 12.1 Å². The van der Waals surface area contributed by atoms with Crippen LogP contribution in [-0.4, -0.2) is 4.98 Å². The van der Waals surface area contributed by atoms with E-state index in [9.17, 15) is 0 Å². The molecular weight excluding hydrogens is 305 g/mol. The fourth-order valence-electron chi connectivity index (χ4n) is 2.19. The lowest BCUT2D eigenvalue weighted by Crippen LogP contribution is -1.73. The van der Waals surface area contributed by atoms with Crippen molar-refractivity contribution in [2.45, 2.75) is 0 Å². The van der Waals surface area contributed by atoms with Crippen LogP contribution in [0.25, 0.3) is 30.4 Å². The second-order valence-electron chi connectivity index (χ2n) is 3.98. The quantitative estimate of drug-likeness (QED) is 0.390. The van der Waals surface area contributed by atoms with E-state index in [1.165, 1.54) is 26.1 Å². The van der Waals surface area contributed by atoms with Gasteiger partial charge in [0, 0.05) is 20.2 Å². The van der Waals surface area contributed by atoms with Gasteiger partial charge in [0.2, 0.25) is 0 Å². The van der Waals surface area contributed by atoms with Gasteiger partial charge in [0.05, 0.1) is 9.72 Å². The van der Waals surface area contributed by atoms with Gasteiger partial charge in [-0.25, -0.2) is 4.98 Å². The molecule has 1 nitrogen and oxygen atoms in total. The van der Waals surface area contributed by atoms with Crippen LogP contribution in [0.1, 0.15) is 0 Å². The van der Waals surface area contributed by atoms with Gasteiger partial charge in [-0.3, -0.25) is 0 Å². The number of aromatic nitrogens is 1. The van der Waals surface area contributed by atoms with Crippen molar-refractivity contribution < 1.29 is 0 Å². The van der Waals surface area contributed by atoms with Crippen molar-refractivity contribution in [2.75, 3.05) is 0 Å². The summed E-state index contributed by atoms with van der Waals surface area (Å²) in [6, 6.07) is 10.4. The first-order valence-electron chi connectivity index (χ1n) is 5.30. The van der Waals surface area contributed by atoms with Crippen LogP contribution >= 0.6 is 45.9 Å². The molecule has 0 saturated heterocycles. The van der Waals surface area contributed by atoms with Crippen LogP contribution in [0.5, 0.6) is 0 Å². The first-order valence-corrected chi connectivity index (χ1v) is 7.69. The van der Waals surface area contributed by atoms with Gasteiger partial charge in [0.15, 0.2) is 4.47 Å². The average molecular weight is 310 g/mol. The molecule has 0 N–H and O–H groups in total. The predicted octanol–water partition coefficient (Wildman–Crippen LogP) is 5.97. The summed E-state index contributed by atoms with van der Waals surface area (Å²) in [6.07, 6.45) is 0. The zero-order valence-electron chi connectivity index (χ0n) is 8.91. The number of rotatable bonds is 0. The Kier molecular flexibility index (Phi) is 2.33. The first kappa shape index (κ1) is 11.0. The third kappa shape index (κ3) is 1.42. The highest BCUT2D eigenvalue weighted by molar-refractivity contribution is 7.27. The van der Waals surface area contributed by atoms with E-state index in [0.29, 0.717) is 9.49 Å². The Morgan fingerprint density at radius 1 is 0.944 bits per heavy atom. The highest BCUT2D eigenvalue weighted by Gasteiger charge is 2.14. The topological polar surface area (TPSA) is 12.9 Å². The molecule has 2 aromatic carbocycles. The minimum absolute atomic E-state index is 0.536. The van der Waals surface area contributed by atoms with Gasteiger partial charge >= 0.3 is 0 Å². The maximum absolute atomic E-state index is 6.50. The third-order valence-corrected chi connectivity index (χ3v) is 5.53. The fraction of sp³-hybridized carbons (Fsp3) is 0. The van der Waals surface area contributed by atoms with Crippen LogP contribution in [-0.2, 0) is 0 Å². The van der Waals surface area contributed by atoms with Gasteiger partial charge in [0.1, 0.15) is 5.52 Å². The van der Waals surface area contributed by atoms with Gasteiger partial charge < -0.3 is 0 Å². The van der Waals surface area contributed by atoms with E-state index in [-0.39, 0.29) is 0 Å². The Bertz CT molecular complexity index is 907. The standard InChI is InChI=1S/C13H5Cl2NS2/c14-11-10-6-3-1-2-4-7(6)17-8(10)5-9-12(11)16-13(15)18-9/h1-5H. The summed E-state index contributed by atoms with van der Waals surface area (Å²) in [7, 11) is 0. The molecule has 5 heteroatoms. The van der Waals surface area contributed by atoms with Crippen molar-refractivity contribution in [3.63, 3.8) is 0 Å². The van der Waals surface area contributed by atoms with E-state index in [4.69, 9.17) is 23.2 Å². The van der Waals surface area contributed by atoms with Crippen LogP contribution < -0.4 is 0 Å². The Balaban J connectivity index is 2.32. The van der Waals surface area contributed by atoms with E-state index < -0.39 is 0 Å². The zero-order valence-corrected chi connectivity index (χ0v) is 12.1. The van der Waals surface area contributed by atoms with Crippen LogP contribution in [0.2, 0.25) is 9.49 Å². The molecule has 0 fully saturated rings. The van der Waals surface area contributed by atoms with Crippen molar-refractivity contribution in [2.24, 2.45) is 0 Å². The van der Waals surface area contributed by atoms with Gasteiger partial charge in [-0.1, -0.05) is 41.4 Å². The zero-order chi connectivity index (χ0) is 12.3. The fourth-order valence-corrected chi connectivity index (χ4v) is 4.95. The van der Waals surface area contributed by atoms with Crippen molar-refractivity contribution in [3.8, 4) is 0 Å². The molecule has 88 valence electrons. The predicted molar refractivity (Wildman–Crippen MR) is 82.5 cm³/mol. The molecule has 0 aliphatic rings. The van der Waals surface area contributed by atoms with Crippen LogP contribution in [0.3, 0.4) is 0 Å². The van der Waals surface area contributed by atoms with E-state index in [0.717, 1.165) is 15.6 Å². The Morgan fingerprint density at radius 3 is 2.67 bits per heavy atom. The molecule has 0 amide bonds. The highest BCUT2D eigenvalue weighted by atomic mass is 35.5. The maximum Gasteiger partial charge on any atom is 0.184 e. The minimum atomic E-state index is 0.536. The van der Waals surface area contributed by atoms with Crippen molar-refractivity contribution in [1.29, 1.82) is 0 Å². The second kappa shape index (κ2) is 3.81. The normalized spacial score (nSPS) is 11.9. The number of thiophene rings is 1. The molecule has 0 unspecified atom stereocenters. The van der Waals surface area contributed by atoms with Gasteiger partial charge in [0.25, 0.3) is 0 Å². The van der Waals surface area contributed by atoms with Crippen LogP contribution in [0.4, 0.5) is 0 Å². The summed E-state index contributed by atoms with van der Waals surface area (Å²) in [4.78, 5) is 4.31. The van der Waals surface area contributed by atoms with Gasteiger partial charge in [-0.2, -0.15) is 0 Å². The molecule has 0 radical (unpaired) electrons. The summed E-state index contributed by atoms with van der Waals surface area (Å²) in [5.41, 5.74) is 0.808. The molecule has 0 aliphatic heterocycles. The third-order valence-electron chi connectivity index (χ3n) is 2.94. The number of benzene rings is 2. The first-order chi connectivity index (χ1) is 8.74. The molecule has 18 heavy (non-hydrogen) atoms. The number of thiazole rings is 1. The number of hydrogen-bond donors (Lipinski definition) is 0. The monoisotopic (exact) mass is 309 g/mol. The van der Waals surface area contributed by atoms with E-state index in [1.54, 1.807) is 11.3 Å². The van der Waals surface area contributed by atoms with Crippen molar-refractivity contribution >= 4 is 76.3 Å². The Morgan fingerprint density at radius 2 is 1.78 bits per heavy atom. The second-order valence-corrected chi connectivity index (χ2v) is 7.05. The number of nitrogens with zero attached hydrogens (tertiary/aromatic N) is 1. The Labute approximate surface area is 121 Å². The van der Waals surface area contributed by atoms with E-state index in [2.05, 4.69) is 23.2 Å². The summed E-state index contributed by atoms with van der Waals surface area (Å²) >= 11 is 15.7. The summed E-state index contributed by atoms with van der Waals surface area (Å²) < 4.78 is 4.02. The minimum Gasteiger partial charge on any atom is -0.223 e. The summed E-state index contributed by atoms with van der Waals surface area (Å²) in [6.45, 7) is 0. The molecule has 0 aliphatic carbocycles. The van der Waals surface area contributed by atoms with Crippen molar-refractivity contribution in [1.82, 2.24) is 4.98 Å². The number of fused-ring (bicyclic) bond motifs is 4. The van der Waals surface area contributed by atoms with Gasteiger partial charge in [-0.15, -0.1) is 22.7 Å². The van der Waals surface area contributed by atoms with E-state index in [1.807, 2.05) is 12.1 Å². The highest BCUT2D eigenvalue weighted by Crippen LogP contribution is 2.43. The molecule has 0 atom stereocenters.